The molecule has 0 spiro atoms. The van der Waals surface area contributed by atoms with Crippen molar-refractivity contribution in [2.75, 3.05) is 12.4 Å². The molecule has 0 saturated heterocycles. The zero-order valence-electron chi connectivity index (χ0n) is 15.0. The molecule has 27 heavy (non-hydrogen) atoms. The van der Waals surface area contributed by atoms with Crippen molar-refractivity contribution in [3.8, 4) is 5.69 Å². The molecule has 2 heterocycles. The first-order valence-corrected chi connectivity index (χ1v) is 8.86. The van der Waals surface area contributed by atoms with E-state index in [9.17, 15) is 9.59 Å². The van der Waals surface area contributed by atoms with Crippen molar-refractivity contribution in [1.29, 1.82) is 0 Å². The van der Waals surface area contributed by atoms with Gasteiger partial charge in [-0.1, -0.05) is 18.2 Å². The molecular weight excluding hydrogens is 344 g/mol. The topological polar surface area (TPSA) is 80.4 Å². The van der Waals surface area contributed by atoms with Crippen molar-refractivity contribution in [1.82, 2.24) is 14.7 Å². The zero-order chi connectivity index (χ0) is 18.8. The Balaban J connectivity index is 1.61. The second-order valence-corrected chi connectivity index (χ2v) is 6.67. The quantitative estimate of drug-likeness (QED) is 0.729. The number of para-hydroxylation sites is 1. The van der Waals surface area contributed by atoms with Gasteiger partial charge in [0.05, 0.1) is 18.5 Å². The molecule has 2 amide bonds. The molecule has 1 saturated carbocycles. The molecular formula is C20H20N4O3. The average Bonchev–Trinajstić information content (AvgIpc) is 3.27. The minimum atomic E-state index is -0.247. The van der Waals surface area contributed by atoms with E-state index in [1.54, 1.807) is 30.1 Å². The second-order valence-electron chi connectivity index (χ2n) is 6.67. The normalized spacial score (nSPS) is 13.4. The van der Waals surface area contributed by atoms with E-state index >= 15 is 0 Å². The van der Waals surface area contributed by atoms with Crippen molar-refractivity contribution in [3.05, 3.63) is 66.2 Å². The van der Waals surface area contributed by atoms with Gasteiger partial charge in [0, 0.05) is 19.0 Å². The van der Waals surface area contributed by atoms with Crippen LogP contribution in [0.4, 0.5) is 5.82 Å². The van der Waals surface area contributed by atoms with E-state index in [0.29, 0.717) is 18.1 Å². The number of amides is 2. The fourth-order valence-electron chi connectivity index (χ4n) is 2.82. The maximum Gasteiger partial charge on any atom is 0.274 e. The summed E-state index contributed by atoms with van der Waals surface area (Å²) in [5.41, 5.74) is 1.04. The van der Waals surface area contributed by atoms with Crippen LogP contribution in [0.1, 0.15) is 29.1 Å². The van der Waals surface area contributed by atoms with Crippen LogP contribution in [0.2, 0.25) is 0 Å². The van der Waals surface area contributed by atoms with E-state index in [0.717, 1.165) is 18.5 Å². The molecule has 4 rings (SSSR count). The zero-order valence-corrected chi connectivity index (χ0v) is 15.0. The van der Waals surface area contributed by atoms with Crippen LogP contribution in [-0.2, 0) is 11.3 Å². The molecule has 0 radical (unpaired) electrons. The first-order chi connectivity index (χ1) is 13.1. The molecule has 0 unspecified atom stereocenters. The number of nitrogens with zero attached hydrogens (tertiary/aromatic N) is 3. The number of carbonyl (C=O) groups is 2. The molecule has 1 aliphatic carbocycles. The van der Waals surface area contributed by atoms with Gasteiger partial charge < -0.3 is 14.6 Å². The molecule has 1 fully saturated rings. The Morgan fingerprint density at radius 1 is 1.22 bits per heavy atom. The van der Waals surface area contributed by atoms with Gasteiger partial charge in [0.1, 0.15) is 11.6 Å². The third-order valence-electron chi connectivity index (χ3n) is 4.45. The SMILES string of the molecule is CN(Cc1ccco1)C(=O)c1cc(NC(=O)C2CC2)n(-c2ccccc2)n1. The molecule has 7 heteroatoms. The Kier molecular flexibility index (Phi) is 4.50. The maximum absolute atomic E-state index is 12.8. The largest absolute Gasteiger partial charge is 0.467 e. The van der Waals surface area contributed by atoms with Gasteiger partial charge in [-0.25, -0.2) is 4.68 Å². The summed E-state index contributed by atoms with van der Waals surface area (Å²) in [5.74, 6) is 0.964. The summed E-state index contributed by atoms with van der Waals surface area (Å²) in [5, 5.41) is 7.35. The van der Waals surface area contributed by atoms with Gasteiger partial charge in [-0.2, -0.15) is 5.10 Å². The Labute approximate surface area is 156 Å². The van der Waals surface area contributed by atoms with Crippen LogP contribution in [0, 0.1) is 5.92 Å². The van der Waals surface area contributed by atoms with Gasteiger partial charge in [0.25, 0.3) is 5.91 Å². The highest BCUT2D eigenvalue weighted by molar-refractivity contribution is 5.97. The van der Waals surface area contributed by atoms with Gasteiger partial charge in [-0.15, -0.1) is 0 Å². The first-order valence-electron chi connectivity index (χ1n) is 8.86. The number of anilines is 1. The van der Waals surface area contributed by atoms with Crippen LogP contribution in [0.25, 0.3) is 5.69 Å². The average molecular weight is 364 g/mol. The lowest BCUT2D eigenvalue weighted by Gasteiger charge is -2.13. The summed E-state index contributed by atoms with van der Waals surface area (Å²) < 4.78 is 6.89. The molecule has 1 aromatic carbocycles. The van der Waals surface area contributed by atoms with E-state index in [2.05, 4.69) is 10.4 Å². The standard InChI is InChI=1S/C20H20N4O3/c1-23(13-16-8-5-11-27-16)20(26)17-12-18(21-19(25)14-9-10-14)24(22-17)15-6-3-2-4-7-15/h2-8,11-12,14H,9-10,13H2,1H3,(H,21,25). The predicted octanol–water partition coefficient (Wildman–Crippen LogP) is 3.09. The van der Waals surface area contributed by atoms with Crippen LogP contribution in [-0.4, -0.2) is 33.5 Å². The van der Waals surface area contributed by atoms with Crippen LogP contribution in [0.15, 0.2) is 59.2 Å². The minimum absolute atomic E-state index is 0.0324. The number of hydrogen-bond donors (Lipinski definition) is 1. The lowest BCUT2D eigenvalue weighted by molar-refractivity contribution is -0.117. The van der Waals surface area contributed by atoms with E-state index < -0.39 is 0 Å². The molecule has 1 N–H and O–H groups in total. The summed E-state index contributed by atoms with van der Waals surface area (Å²) >= 11 is 0. The van der Waals surface area contributed by atoms with Crippen molar-refractivity contribution in [2.24, 2.45) is 5.92 Å². The van der Waals surface area contributed by atoms with Crippen LogP contribution in [0.3, 0.4) is 0 Å². The smallest absolute Gasteiger partial charge is 0.274 e. The van der Waals surface area contributed by atoms with Crippen molar-refractivity contribution < 1.29 is 14.0 Å². The number of benzene rings is 1. The molecule has 0 bridgehead atoms. The van der Waals surface area contributed by atoms with Crippen molar-refractivity contribution >= 4 is 17.6 Å². The van der Waals surface area contributed by atoms with Crippen molar-refractivity contribution in [2.45, 2.75) is 19.4 Å². The summed E-state index contributed by atoms with van der Waals surface area (Å²) in [6.45, 7) is 0.341. The highest BCUT2D eigenvalue weighted by Gasteiger charge is 2.31. The molecule has 138 valence electrons. The predicted molar refractivity (Wildman–Crippen MR) is 99.4 cm³/mol. The van der Waals surface area contributed by atoms with Gasteiger partial charge in [0.2, 0.25) is 5.91 Å². The number of hydrogen-bond acceptors (Lipinski definition) is 4. The third kappa shape index (κ3) is 3.76. The summed E-state index contributed by atoms with van der Waals surface area (Å²) in [4.78, 5) is 26.5. The van der Waals surface area contributed by atoms with Gasteiger partial charge in [-0.3, -0.25) is 9.59 Å². The van der Waals surface area contributed by atoms with E-state index in [1.165, 1.54) is 4.90 Å². The van der Waals surface area contributed by atoms with E-state index in [-0.39, 0.29) is 23.4 Å². The number of aromatic nitrogens is 2. The molecule has 0 aliphatic heterocycles. The number of rotatable bonds is 6. The van der Waals surface area contributed by atoms with Gasteiger partial charge >= 0.3 is 0 Å². The highest BCUT2D eigenvalue weighted by Crippen LogP contribution is 2.30. The monoisotopic (exact) mass is 364 g/mol. The van der Waals surface area contributed by atoms with Gasteiger partial charge in [-0.05, 0) is 37.1 Å². The van der Waals surface area contributed by atoms with Crippen LogP contribution < -0.4 is 5.32 Å². The summed E-state index contributed by atoms with van der Waals surface area (Å²) in [7, 11) is 1.69. The summed E-state index contributed by atoms with van der Waals surface area (Å²) in [6.07, 6.45) is 3.38. The Bertz CT molecular complexity index is 943. The highest BCUT2D eigenvalue weighted by atomic mass is 16.3. The Morgan fingerprint density at radius 3 is 2.67 bits per heavy atom. The lowest BCUT2D eigenvalue weighted by atomic mass is 10.3. The van der Waals surface area contributed by atoms with Crippen LogP contribution in [0.5, 0.6) is 0 Å². The maximum atomic E-state index is 12.8. The lowest BCUT2D eigenvalue weighted by Crippen LogP contribution is -2.26. The fraction of sp³-hybridized carbons (Fsp3) is 0.250. The second kappa shape index (κ2) is 7.11. The Morgan fingerprint density at radius 2 is 2.00 bits per heavy atom. The van der Waals surface area contributed by atoms with Crippen molar-refractivity contribution in [3.63, 3.8) is 0 Å². The molecule has 3 aromatic rings. The summed E-state index contributed by atoms with van der Waals surface area (Å²) in [6, 6.07) is 14.6. The number of carbonyl (C=O) groups excluding carboxylic acids is 2. The van der Waals surface area contributed by atoms with E-state index in [4.69, 9.17) is 4.42 Å². The molecule has 2 aromatic heterocycles. The third-order valence-corrected chi connectivity index (χ3v) is 4.45. The molecule has 7 nitrogen and oxygen atoms in total. The van der Waals surface area contributed by atoms with Gasteiger partial charge in [0.15, 0.2) is 5.69 Å². The minimum Gasteiger partial charge on any atom is -0.467 e. The number of nitrogens with one attached hydrogen (secondary N) is 1. The Hall–Kier alpha value is -3.35. The van der Waals surface area contributed by atoms with Crippen LogP contribution >= 0.6 is 0 Å². The molecule has 0 atom stereocenters. The van der Waals surface area contributed by atoms with E-state index in [1.807, 2.05) is 36.4 Å². The molecule has 1 aliphatic rings. The first kappa shape index (κ1) is 17.1. The fourth-order valence-corrected chi connectivity index (χ4v) is 2.82. The number of furan rings is 1.